The number of imidazole rings is 1. The maximum atomic E-state index is 2.46. The van der Waals surface area contributed by atoms with Gasteiger partial charge in [-0.25, -0.2) is 4.57 Å². The predicted molar refractivity (Wildman–Crippen MR) is 145 cm³/mol. The standard InChI is InChI=1S/C33H27N2/c1-24-14-9-10-19-27(24)33-34(2)30-22-11-12-23-31(30)35(33)32-28(25-15-5-3-6-16-25)20-13-21-29(32)26-17-7-4-8-18-26/h3-23H,1-2H3/q+1. The first-order valence-corrected chi connectivity index (χ1v) is 12.0. The molecule has 0 saturated carbocycles. The summed E-state index contributed by atoms with van der Waals surface area (Å²) in [6.45, 7) is 2.19. The first-order valence-electron chi connectivity index (χ1n) is 12.0. The van der Waals surface area contributed by atoms with E-state index in [1.54, 1.807) is 0 Å². The van der Waals surface area contributed by atoms with Crippen LogP contribution in [0.2, 0.25) is 0 Å². The molecule has 168 valence electrons. The van der Waals surface area contributed by atoms with Crippen LogP contribution >= 0.6 is 0 Å². The number of benzene rings is 5. The van der Waals surface area contributed by atoms with Crippen molar-refractivity contribution in [3.8, 4) is 39.3 Å². The summed E-state index contributed by atoms with van der Waals surface area (Å²) in [5.74, 6) is 1.17. The van der Waals surface area contributed by atoms with Gasteiger partial charge in [0.05, 0.1) is 12.6 Å². The molecule has 35 heavy (non-hydrogen) atoms. The van der Waals surface area contributed by atoms with Gasteiger partial charge in [0.1, 0.15) is 5.69 Å². The molecule has 5 aromatic carbocycles. The van der Waals surface area contributed by atoms with E-state index in [-0.39, 0.29) is 0 Å². The second-order valence-electron chi connectivity index (χ2n) is 8.96. The van der Waals surface area contributed by atoms with Crippen LogP contribution in [-0.2, 0) is 7.05 Å². The number of nitrogens with zero attached hydrogens (tertiary/aromatic N) is 2. The molecule has 0 radical (unpaired) electrons. The van der Waals surface area contributed by atoms with E-state index in [0.29, 0.717) is 0 Å². The van der Waals surface area contributed by atoms with E-state index >= 15 is 0 Å². The minimum Gasteiger partial charge on any atom is -0.225 e. The summed E-state index contributed by atoms with van der Waals surface area (Å²) >= 11 is 0. The fourth-order valence-electron chi connectivity index (χ4n) is 5.15. The highest BCUT2D eigenvalue weighted by Gasteiger charge is 2.30. The van der Waals surface area contributed by atoms with Gasteiger partial charge < -0.3 is 0 Å². The van der Waals surface area contributed by atoms with E-state index in [1.807, 2.05) is 0 Å². The zero-order chi connectivity index (χ0) is 23.8. The van der Waals surface area contributed by atoms with Gasteiger partial charge in [-0.2, -0.15) is 4.57 Å². The van der Waals surface area contributed by atoms with Gasteiger partial charge in [0.2, 0.25) is 0 Å². The maximum absolute atomic E-state index is 2.46. The molecule has 0 saturated heterocycles. The number of rotatable bonds is 4. The van der Waals surface area contributed by atoms with Crippen molar-refractivity contribution in [1.82, 2.24) is 4.57 Å². The molecule has 0 bridgehead atoms. The highest BCUT2D eigenvalue weighted by Crippen LogP contribution is 2.39. The van der Waals surface area contributed by atoms with Gasteiger partial charge in [-0.3, -0.25) is 0 Å². The molecule has 0 N–H and O–H groups in total. The van der Waals surface area contributed by atoms with Crippen LogP contribution in [0.15, 0.2) is 127 Å². The average molecular weight is 452 g/mol. The third kappa shape index (κ3) is 3.55. The number of hydrogen-bond donors (Lipinski definition) is 0. The predicted octanol–water partition coefficient (Wildman–Crippen LogP) is 7.76. The molecule has 2 heteroatoms. The molecule has 0 aliphatic rings. The monoisotopic (exact) mass is 451 g/mol. The molecule has 0 unspecified atom stereocenters. The van der Waals surface area contributed by atoms with Crippen LogP contribution in [0.1, 0.15) is 5.56 Å². The van der Waals surface area contributed by atoms with Crippen molar-refractivity contribution in [3.05, 3.63) is 133 Å². The van der Waals surface area contributed by atoms with Gasteiger partial charge >= 0.3 is 0 Å². The van der Waals surface area contributed by atoms with Crippen molar-refractivity contribution in [3.63, 3.8) is 0 Å². The van der Waals surface area contributed by atoms with Crippen LogP contribution in [0.25, 0.3) is 50.4 Å². The van der Waals surface area contributed by atoms with Crippen molar-refractivity contribution in [1.29, 1.82) is 0 Å². The third-order valence-electron chi connectivity index (χ3n) is 6.83. The number of hydrogen-bond acceptors (Lipinski definition) is 0. The summed E-state index contributed by atoms with van der Waals surface area (Å²) in [6, 6.07) is 45.4. The SMILES string of the molecule is Cc1ccccc1-c1n(-c2c(-c3ccccc3)cccc2-c2ccccc2)c2ccccc2[n+]1C. The number of fused-ring (bicyclic) bond motifs is 1. The number of para-hydroxylation sites is 3. The van der Waals surface area contributed by atoms with Crippen molar-refractivity contribution < 1.29 is 4.57 Å². The normalized spacial score (nSPS) is 11.1. The Balaban J connectivity index is 1.81. The maximum Gasteiger partial charge on any atom is 0.295 e. The van der Waals surface area contributed by atoms with Gasteiger partial charge in [-0.15, -0.1) is 0 Å². The van der Waals surface area contributed by atoms with Crippen LogP contribution in [0, 0.1) is 6.92 Å². The molecule has 0 spiro atoms. The van der Waals surface area contributed by atoms with Crippen molar-refractivity contribution in [2.75, 3.05) is 0 Å². The van der Waals surface area contributed by atoms with Crippen LogP contribution in [0.3, 0.4) is 0 Å². The highest BCUT2D eigenvalue weighted by atomic mass is 15.2. The molecule has 0 aliphatic carbocycles. The molecule has 2 nitrogen and oxygen atoms in total. The van der Waals surface area contributed by atoms with E-state index in [9.17, 15) is 0 Å². The van der Waals surface area contributed by atoms with Crippen LogP contribution < -0.4 is 4.57 Å². The Morgan fingerprint density at radius 1 is 0.514 bits per heavy atom. The largest absolute Gasteiger partial charge is 0.295 e. The molecule has 6 rings (SSSR count). The summed E-state index contributed by atoms with van der Waals surface area (Å²) < 4.78 is 4.79. The molecule has 0 fully saturated rings. The van der Waals surface area contributed by atoms with Crippen molar-refractivity contribution in [2.45, 2.75) is 6.92 Å². The lowest BCUT2D eigenvalue weighted by molar-refractivity contribution is -0.633. The third-order valence-corrected chi connectivity index (χ3v) is 6.83. The summed E-state index contributed by atoms with van der Waals surface area (Å²) in [7, 11) is 2.17. The Bertz CT molecular complexity index is 1590. The number of aryl methyl sites for hydroxylation is 2. The lowest BCUT2D eigenvalue weighted by Crippen LogP contribution is -2.30. The van der Waals surface area contributed by atoms with E-state index in [2.05, 4.69) is 150 Å². The summed E-state index contributed by atoms with van der Waals surface area (Å²) in [5, 5.41) is 0. The summed E-state index contributed by atoms with van der Waals surface area (Å²) in [5.41, 5.74) is 10.9. The van der Waals surface area contributed by atoms with Gasteiger partial charge in [0, 0.05) is 11.1 Å². The van der Waals surface area contributed by atoms with E-state index in [4.69, 9.17) is 0 Å². The lowest BCUT2D eigenvalue weighted by Gasteiger charge is -2.15. The Hall–Kier alpha value is -4.43. The van der Waals surface area contributed by atoms with Gasteiger partial charge in [0.15, 0.2) is 11.0 Å². The lowest BCUT2D eigenvalue weighted by atomic mass is 9.95. The van der Waals surface area contributed by atoms with Crippen molar-refractivity contribution in [2.24, 2.45) is 7.05 Å². The first-order chi connectivity index (χ1) is 17.2. The first kappa shape index (κ1) is 21.1. The molecular weight excluding hydrogens is 424 g/mol. The van der Waals surface area contributed by atoms with E-state index in [1.165, 1.54) is 55.9 Å². The summed E-state index contributed by atoms with van der Waals surface area (Å²) in [6.07, 6.45) is 0. The highest BCUT2D eigenvalue weighted by molar-refractivity contribution is 5.90. The Kier molecular flexibility index (Phi) is 5.27. The van der Waals surface area contributed by atoms with Gasteiger partial charge in [-0.05, 0) is 41.8 Å². The minimum absolute atomic E-state index is 1.17. The topological polar surface area (TPSA) is 8.81 Å². The Morgan fingerprint density at radius 2 is 1.03 bits per heavy atom. The van der Waals surface area contributed by atoms with Gasteiger partial charge in [0.25, 0.3) is 5.82 Å². The van der Waals surface area contributed by atoms with Crippen molar-refractivity contribution >= 4 is 11.0 Å². The second kappa shape index (κ2) is 8.73. The van der Waals surface area contributed by atoms with E-state index in [0.717, 1.165) is 0 Å². The van der Waals surface area contributed by atoms with Crippen LogP contribution in [0.4, 0.5) is 0 Å². The molecule has 6 aromatic rings. The average Bonchev–Trinajstić information content (AvgIpc) is 3.21. The minimum atomic E-state index is 1.17. The smallest absolute Gasteiger partial charge is 0.225 e. The fourth-order valence-corrected chi connectivity index (χ4v) is 5.15. The zero-order valence-electron chi connectivity index (χ0n) is 20.0. The zero-order valence-corrected chi connectivity index (χ0v) is 20.0. The molecule has 0 atom stereocenters. The van der Waals surface area contributed by atoms with Crippen LogP contribution in [-0.4, -0.2) is 4.57 Å². The second-order valence-corrected chi connectivity index (χ2v) is 8.96. The summed E-state index contributed by atoms with van der Waals surface area (Å²) in [4.78, 5) is 0. The molecule has 1 aromatic heterocycles. The van der Waals surface area contributed by atoms with Gasteiger partial charge in [-0.1, -0.05) is 109 Å². The van der Waals surface area contributed by atoms with Crippen LogP contribution in [0.5, 0.6) is 0 Å². The molecule has 1 heterocycles. The van der Waals surface area contributed by atoms with E-state index < -0.39 is 0 Å². The quantitative estimate of drug-likeness (QED) is 0.242. The molecule has 0 aliphatic heterocycles. The number of aromatic nitrogens is 2. The fraction of sp³-hybridized carbons (Fsp3) is 0.0606. The Morgan fingerprint density at radius 3 is 1.66 bits per heavy atom. The molecule has 0 amide bonds. The molecular formula is C33H27N2+. The Labute approximate surface area is 206 Å².